The van der Waals surface area contributed by atoms with E-state index in [2.05, 4.69) is 14.6 Å². The lowest BCUT2D eigenvalue weighted by atomic mass is 10.2. The summed E-state index contributed by atoms with van der Waals surface area (Å²) in [5.74, 6) is 0.572. The van der Waals surface area contributed by atoms with E-state index >= 15 is 0 Å². The van der Waals surface area contributed by atoms with E-state index in [4.69, 9.17) is 0 Å². The second-order valence-corrected chi connectivity index (χ2v) is 7.45. The number of pyridine rings is 1. The van der Waals surface area contributed by atoms with Crippen molar-refractivity contribution in [2.75, 3.05) is 47.0 Å². The zero-order chi connectivity index (χ0) is 17.2. The van der Waals surface area contributed by atoms with E-state index in [1.165, 1.54) is 12.3 Å². The maximum absolute atomic E-state index is 13.9. The van der Waals surface area contributed by atoms with Crippen LogP contribution in [0.1, 0.15) is 0 Å². The molecule has 2 heterocycles. The van der Waals surface area contributed by atoms with Gasteiger partial charge in [-0.05, 0) is 24.3 Å². The van der Waals surface area contributed by atoms with Gasteiger partial charge < -0.3 is 9.80 Å². The first-order valence-corrected chi connectivity index (χ1v) is 9.50. The quantitative estimate of drug-likeness (QED) is 0.913. The van der Waals surface area contributed by atoms with E-state index in [1.807, 2.05) is 11.0 Å². The number of anilines is 3. The van der Waals surface area contributed by atoms with Gasteiger partial charge in [0.15, 0.2) is 0 Å². The molecule has 0 radical (unpaired) electrons. The van der Waals surface area contributed by atoms with Crippen molar-refractivity contribution in [1.82, 2.24) is 4.98 Å². The number of nitrogens with zero attached hydrogens (tertiary/aromatic N) is 3. The van der Waals surface area contributed by atoms with Crippen LogP contribution in [0.15, 0.2) is 42.6 Å². The van der Waals surface area contributed by atoms with Crippen LogP contribution < -0.4 is 14.5 Å². The monoisotopic (exact) mass is 350 g/mol. The molecule has 1 aliphatic heterocycles. The van der Waals surface area contributed by atoms with Gasteiger partial charge in [-0.15, -0.1) is 0 Å². The first-order valence-electron chi connectivity index (χ1n) is 7.61. The first kappa shape index (κ1) is 16.5. The van der Waals surface area contributed by atoms with Crippen molar-refractivity contribution < 1.29 is 12.8 Å². The summed E-state index contributed by atoms with van der Waals surface area (Å²) in [4.78, 5) is 8.43. The predicted octanol–water partition coefficient (Wildman–Crippen LogP) is 1.92. The summed E-state index contributed by atoms with van der Waals surface area (Å²) in [7, 11) is -3.30. The number of hydrogen-bond donors (Lipinski definition) is 1. The fourth-order valence-corrected chi connectivity index (χ4v) is 3.28. The van der Waals surface area contributed by atoms with E-state index in [0.29, 0.717) is 24.5 Å². The third-order valence-corrected chi connectivity index (χ3v) is 4.45. The number of para-hydroxylation sites is 1. The van der Waals surface area contributed by atoms with Gasteiger partial charge in [0, 0.05) is 26.2 Å². The fourth-order valence-electron chi connectivity index (χ4n) is 2.73. The molecule has 3 rings (SSSR count). The molecule has 1 aromatic heterocycles. The van der Waals surface area contributed by atoms with Crippen molar-refractivity contribution >= 4 is 27.2 Å². The topological polar surface area (TPSA) is 65.5 Å². The minimum atomic E-state index is -3.30. The molecule has 24 heavy (non-hydrogen) atoms. The number of nitrogens with one attached hydrogen (secondary N) is 1. The molecule has 6 nitrogen and oxygen atoms in total. The number of aromatic nitrogens is 1. The van der Waals surface area contributed by atoms with Crippen LogP contribution >= 0.6 is 0 Å². The van der Waals surface area contributed by atoms with Crippen molar-refractivity contribution in [2.24, 2.45) is 0 Å². The van der Waals surface area contributed by atoms with Crippen LogP contribution in [-0.2, 0) is 10.0 Å². The van der Waals surface area contributed by atoms with E-state index in [1.54, 1.807) is 24.3 Å². The molecule has 0 bridgehead atoms. The minimum Gasteiger partial charge on any atom is -0.366 e. The SMILES string of the molecule is CS(=O)(=O)Nc1ccc(N2CCN(c3ccccc3F)CC2)nc1. The Morgan fingerprint density at radius 2 is 1.71 bits per heavy atom. The average Bonchev–Trinajstić information content (AvgIpc) is 2.55. The highest BCUT2D eigenvalue weighted by Gasteiger charge is 2.20. The molecule has 128 valence electrons. The summed E-state index contributed by atoms with van der Waals surface area (Å²) in [6.07, 6.45) is 2.60. The standard InChI is InChI=1S/C16H19FN4O2S/c1-24(22,23)19-13-6-7-16(18-12-13)21-10-8-20(9-11-21)15-5-3-2-4-14(15)17/h2-7,12,19H,8-11H2,1H3. The van der Waals surface area contributed by atoms with E-state index in [-0.39, 0.29) is 5.82 Å². The van der Waals surface area contributed by atoms with E-state index in [9.17, 15) is 12.8 Å². The summed E-state index contributed by atoms with van der Waals surface area (Å²) >= 11 is 0. The number of rotatable bonds is 4. The third-order valence-electron chi connectivity index (χ3n) is 3.85. The van der Waals surface area contributed by atoms with Crippen molar-refractivity contribution in [3.8, 4) is 0 Å². The van der Waals surface area contributed by atoms with Gasteiger partial charge in [-0.25, -0.2) is 17.8 Å². The Morgan fingerprint density at radius 3 is 2.29 bits per heavy atom. The van der Waals surface area contributed by atoms with Crippen LogP contribution in [0.5, 0.6) is 0 Å². The maximum atomic E-state index is 13.9. The lowest BCUT2D eigenvalue weighted by molar-refractivity contribution is 0.596. The second kappa shape index (κ2) is 6.64. The summed E-state index contributed by atoms with van der Waals surface area (Å²) in [5.41, 5.74) is 1.06. The van der Waals surface area contributed by atoms with Crippen LogP contribution in [0.4, 0.5) is 21.6 Å². The summed E-state index contributed by atoms with van der Waals surface area (Å²) < 4.78 is 38.6. The van der Waals surface area contributed by atoms with Gasteiger partial charge in [0.1, 0.15) is 11.6 Å². The van der Waals surface area contributed by atoms with E-state index in [0.717, 1.165) is 25.2 Å². The number of benzene rings is 1. The molecule has 1 aliphatic rings. The Kier molecular flexibility index (Phi) is 4.57. The van der Waals surface area contributed by atoms with Crippen LogP contribution in [0.25, 0.3) is 0 Å². The van der Waals surface area contributed by atoms with Gasteiger partial charge in [-0.1, -0.05) is 12.1 Å². The molecule has 1 fully saturated rings. The maximum Gasteiger partial charge on any atom is 0.229 e. The molecular formula is C16H19FN4O2S. The number of hydrogen-bond acceptors (Lipinski definition) is 5. The van der Waals surface area contributed by atoms with Crippen LogP contribution in [0.2, 0.25) is 0 Å². The molecule has 0 aliphatic carbocycles. The van der Waals surface area contributed by atoms with Gasteiger partial charge in [-0.3, -0.25) is 4.72 Å². The number of sulfonamides is 1. The molecule has 1 N–H and O–H groups in total. The van der Waals surface area contributed by atoms with Gasteiger partial charge in [0.05, 0.1) is 23.8 Å². The molecule has 1 saturated heterocycles. The van der Waals surface area contributed by atoms with Crippen LogP contribution in [0.3, 0.4) is 0 Å². The van der Waals surface area contributed by atoms with Crippen molar-refractivity contribution in [3.63, 3.8) is 0 Å². The smallest absolute Gasteiger partial charge is 0.229 e. The zero-order valence-corrected chi connectivity index (χ0v) is 14.1. The highest BCUT2D eigenvalue weighted by atomic mass is 32.2. The Morgan fingerprint density at radius 1 is 1.04 bits per heavy atom. The lowest BCUT2D eigenvalue weighted by Crippen LogP contribution is -2.47. The predicted molar refractivity (Wildman–Crippen MR) is 93.5 cm³/mol. The lowest BCUT2D eigenvalue weighted by Gasteiger charge is -2.36. The summed E-state index contributed by atoms with van der Waals surface area (Å²) in [6, 6.07) is 10.2. The molecule has 1 aromatic carbocycles. The van der Waals surface area contributed by atoms with Crippen molar-refractivity contribution in [1.29, 1.82) is 0 Å². The molecular weight excluding hydrogens is 331 g/mol. The molecule has 2 aromatic rings. The number of halogens is 1. The van der Waals surface area contributed by atoms with Gasteiger partial charge in [0.25, 0.3) is 0 Å². The van der Waals surface area contributed by atoms with Crippen LogP contribution in [-0.4, -0.2) is 45.8 Å². The van der Waals surface area contributed by atoms with Gasteiger partial charge >= 0.3 is 0 Å². The fraction of sp³-hybridized carbons (Fsp3) is 0.312. The van der Waals surface area contributed by atoms with Gasteiger partial charge in [-0.2, -0.15) is 0 Å². The normalized spacial score (nSPS) is 15.4. The molecule has 0 unspecified atom stereocenters. The highest BCUT2D eigenvalue weighted by molar-refractivity contribution is 7.92. The number of piperazine rings is 1. The molecule has 0 saturated carbocycles. The van der Waals surface area contributed by atoms with E-state index < -0.39 is 10.0 Å². The average molecular weight is 350 g/mol. The largest absolute Gasteiger partial charge is 0.366 e. The Bertz CT molecular complexity index is 803. The molecule has 0 spiro atoms. The first-order chi connectivity index (χ1) is 11.4. The molecule has 0 atom stereocenters. The molecule has 8 heteroatoms. The third kappa shape index (κ3) is 3.94. The summed E-state index contributed by atoms with van der Waals surface area (Å²) in [6.45, 7) is 2.85. The minimum absolute atomic E-state index is 0.208. The zero-order valence-electron chi connectivity index (χ0n) is 13.3. The van der Waals surface area contributed by atoms with Crippen molar-refractivity contribution in [2.45, 2.75) is 0 Å². The van der Waals surface area contributed by atoms with Gasteiger partial charge in [0.2, 0.25) is 10.0 Å². The summed E-state index contributed by atoms with van der Waals surface area (Å²) in [5, 5.41) is 0. The molecule has 0 amide bonds. The van der Waals surface area contributed by atoms with Crippen molar-refractivity contribution in [3.05, 3.63) is 48.4 Å². The Balaban J connectivity index is 1.63. The Labute approximate surface area is 141 Å². The highest BCUT2D eigenvalue weighted by Crippen LogP contribution is 2.22. The Hall–Kier alpha value is -2.35. The van der Waals surface area contributed by atoms with Crippen LogP contribution in [0, 0.1) is 5.82 Å². The second-order valence-electron chi connectivity index (χ2n) is 5.70.